The van der Waals surface area contributed by atoms with Crippen molar-refractivity contribution in [3.8, 4) is 0 Å². The lowest BCUT2D eigenvalue weighted by Crippen LogP contribution is -2.34. The van der Waals surface area contributed by atoms with Gasteiger partial charge in [-0.2, -0.15) is 0 Å². The van der Waals surface area contributed by atoms with E-state index < -0.39 is 5.97 Å². The molecule has 0 aromatic rings. The molecule has 0 amide bonds. The quantitative estimate of drug-likeness (QED) is 0.586. The molecule has 3 N–H and O–H groups in total. The van der Waals surface area contributed by atoms with Crippen LogP contribution in [0.4, 0.5) is 0 Å². The fourth-order valence-electron chi connectivity index (χ4n) is 2.59. The third kappa shape index (κ3) is 2.07. The molecule has 0 radical (unpaired) electrons. The van der Waals surface area contributed by atoms with Crippen LogP contribution in [-0.2, 0) is 4.79 Å². The minimum absolute atomic E-state index is 0.304. The second-order valence-electron chi connectivity index (χ2n) is 4.40. The zero-order valence-electron chi connectivity index (χ0n) is 8.33. The summed E-state index contributed by atoms with van der Waals surface area (Å²) in [5, 5.41) is 15.3. The molecular formula is C10H18N2O2. The van der Waals surface area contributed by atoms with Crippen LogP contribution in [0.1, 0.15) is 19.3 Å². The van der Waals surface area contributed by atoms with E-state index in [2.05, 4.69) is 10.6 Å². The molecule has 2 aliphatic heterocycles. The molecule has 3 unspecified atom stereocenters. The first kappa shape index (κ1) is 9.93. The van der Waals surface area contributed by atoms with E-state index in [9.17, 15) is 4.79 Å². The smallest absolute Gasteiger partial charge is 0.320 e. The van der Waals surface area contributed by atoms with Crippen LogP contribution < -0.4 is 10.6 Å². The first-order valence-electron chi connectivity index (χ1n) is 5.44. The highest BCUT2D eigenvalue weighted by atomic mass is 16.4. The number of piperidine rings is 1. The van der Waals surface area contributed by atoms with Gasteiger partial charge in [0.15, 0.2) is 0 Å². The van der Waals surface area contributed by atoms with Gasteiger partial charge in [0.1, 0.15) is 6.04 Å². The standard InChI is InChI=1S/C10H18N2O2/c13-10(14)9-4-8(6-12-9)7-2-1-3-11-5-7/h7-9,11-12H,1-6H2,(H,13,14). The molecule has 2 aliphatic rings. The van der Waals surface area contributed by atoms with E-state index in [0.29, 0.717) is 11.8 Å². The molecule has 3 atom stereocenters. The molecule has 0 spiro atoms. The van der Waals surface area contributed by atoms with Crippen molar-refractivity contribution >= 4 is 5.97 Å². The predicted molar refractivity (Wildman–Crippen MR) is 53.1 cm³/mol. The highest BCUT2D eigenvalue weighted by Crippen LogP contribution is 2.27. The van der Waals surface area contributed by atoms with Gasteiger partial charge in [-0.05, 0) is 50.7 Å². The zero-order chi connectivity index (χ0) is 9.97. The Bertz CT molecular complexity index is 214. The molecular weight excluding hydrogens is 180 g/mol. The second-order valence-corrected chi connectivity index (χ2v) is 4.40. The van der Waals surface area contributed by atoms with E-state index in [1.165, 1.54) is 12.8 Å². The maximum atomic E-state index is 10.8. The van der Waals surface area contributed by atoms with E-state index >= 15 is 0 Å². The van der Waals surface area contributed by atoms with Crippen LogP contribution in [0, 0.1) is 11.8 Å². The van der Waals surface area contributed by atoms with Crippen molar-refractivity contribution in [2.45, 2.75) is 25.3 Å². The van der Waals surface area contributed by atoms with Crippen molar-refractivity contribution in [2.24, 2.45) is 11.8 Å². The SMILES string of the molecule is O=C(O)C1CC(C2CCCNC2)CN1. The number of hydrogen-bond acceptors (Lipinski definition) is 3. The third-order valence-electron chi connectivity index (χ3n) is 3.46. The molecule has 0 bridgehead atoms. The van der Waals surface area contributed by atoms with Gasteiger partial charge in [0.05, 0.1) is 0 Å². The summed E-state index contributed by atoms with van der Waals surface area (Å²) >= 11 is 0. The highest BCUT2D eigenvalue weighted by Gasteiger charge is 2.34. The fraction of sp³-hybridized carbons (Fsp3) is 0.900. The van der Waals surface area contributed by atoms with Crippen LogP contribution in [0.25, 0.3) is 0 Å². The summed E-state index contributed by atoms with van der Waals surface area (Å²) in [5.74, 6) is 0.542. The summed E-state index contributed by atoms with van der Waals surface area (Å²) in [6, 6.07) is -0.304. The topological polar surface area (TPSA) is 61.4 Å². The highest BCUT2D eigenvalue weighted by molar-refractivity contribution is 5.73. The number of carbonyl (C=O) groups is 1. The van der Waals surface area contributed by atoms with Crippen molar-refractivity contribution < 1.29 is 9.90 Å². The molecule has 2 fully saturated rings. The van der Waals surface area contributed by atoms with Crippen molar-refractivity contribution in [3.63, 3.8) is 0 Å². The van der Waals surface area contributed by atoms with Gasteiger partial charge in [-0.15, -0.1) is 0 Å². The zero-order valence-corrected chi connectivity index (χ0v) is 8.33. The van der Waals surface area contributed by atoms with Crippen LogP contribution in [0.5, 0.6) is 0 Å². The van der Waals surface area contributed by atoms with Gasteiger partial charge in [-0.3, -0.25) is 4.79 Å². The summed E-state index contributed by atoms with van der Waals surface area (Å²) in [6.45, 7) is 3.07. The summed E-state index contributed by atoms with van der Waals surface area (Å²) in [4.78, 5) is 10.8. The van der Waals surface area contributed by atoms with Crippen molar-refractivity contribution in [1.82, 2.24) is 10.6 Å². The summed E-state index contributed by atoms with van der Waals surface area (Å²) in [6.07, 6.45) is 3.30. The summed E-state index contributed by atoms with van der Waals surface area (Å²) in [7, 11) is 0. The lowest BCUT2D eigenvalue weighted by atomic mass is 9.85. The number of hydrogen-bond donors (Lipinski definition) is 3. The van der Waals surface area contributed by atoms with Gasteiger partial charge in [0, 0.05) is 0 Å². The van der Waals surface area contributed by atoms with Gasteiger partial charge >= 0.3 is 5.97 Å². The Morgan fingerprint density at radius 1 is 1.29 bits per heavy atom. The number of carboxylic acids is 1. The van der Waals surface area contributed by atoms with Crippen molar-refractivity contribution in [1.29, 1.82) is 0 Å². The molecule has 2 heterocycles. The molecule has 0 aromatic carbocycles. The van der Waals surface area contributed by atoms with Gasteiger partial charge in [0.25, 0.3) is 0 Å². The van der Waals surface area contributed by atoms with Gasteiger partial charge in [-0.1, -0.05) is 0 Å². The minimum Gasteiger partial charge on any atom is -0.480 e. The maximum absolute atomic E-state index is 10.8. The number of aliphatic carboxylic acids is 1. The molecule has 2 saturated heterocycles. The molecule has 4 nitrogen and oxygen atoms in total. The van der Waals surface area contributed by atoms with E-state index in [0.717, 1.165) is 26.1 Å². The van der Waals surface area contributed by atoms with Gasteiger partial charge < -0.3 is 15.7 Å². The van der Waals surface area contributed by atoms with Gasteiger partial charge in [0.2, 0.25) is 0 Å². The monoisotopic (exact) mass is 198 g/mol. The Morgan fingerprint density at radius 2 is 2.14 bits per heavy atom. The third-order valence-corrected chi connectivity index (χ3v) is 3.46. The van der Waals surface area contributed by atoms with Crippen molar-refractivity contribution in [3.05, 3.63) is 0 Å². The molecule has 80 valence electrons. The average molecular weight is 198 g/mol. The molecule has 2 rings (SSSR count). The molecule has 0 saturated carbocycles. The number of nitrogens with one attached hydrogen (secondary N) is 2. The summed E-state index contributed by atoms with van der Waals surface area (Å²) < 4.78 is 0. The van der Waals surface area contributed by atoms with Crippen molar-refractivity contribution in [2.75, 3.05) is 19.6 Å². The maximum Gasteiger partial charge on any atom is 0.320 e. The van der Waals surface area contributed by atoms with E-state index in [1.807, 2.05) is 0 Å². The lowest BCUT2D eigenvalue weighted by Gasteiger charge is -2.27. The molecule has 0 aliphatic carbocycles. The Morgan fingerprint density at radius 3 is 2.71 bits per heavy atom. The Balaban J connectivity index is 1.85. The first-order valence-corrected chi connectivity index (χ1v) is 5.44. The second kappa shape index (κ2) is 4.28. The van der Waals surface area contributed by atoms with Crippen LogP contribution in [-0.4, -0.2) is 36.8 Å². The van der Waals surface area contributed by atoms with Crippen LogP contribution in [0.3, 0.4) is 0 Å². The normalized spacial score (nSPS) is 38.4. The molecule has 14 heavy (non-hydrogen) atoms. The number of carboxylic acid groups (broad SMARTS) is 1. The minimum atomic E-state index is -0.698. The van der Waals surface area contributed by atoms with Gasteiger partial charge in [-0.25, -0.2) is 0 Å². The van der Waals surface area contributed by atoms with E-state index in [4.69, 9.17) is 5.11 Å². The van der Waals surface area contributed by atoms with E-state index in [1.54, 1.807) is 0 Å². The van der Waals surface area contributed by atoms with Crippen LogP contribution >= 0.6 is 0 Å². The Kier molecular flexibility index (Phi) is 3.03. The summed E-state index contributed by atoms with van der Waals surface area (Å²) in [5.41, 5.74) is 0. The Labute approximate surface area is 84.1 Å². The molecule has 0 aromatic heterocycles. The van der Waals surface area contributed by atoms with Crippen LogP contribution in [0.2, 0.25) is 0 Å². The average Bonchev–Trinajstić information content (AvgIpc) is 2.68. The fourth-order valence-corrected chi connectivity index (χ4v) is 2.59. The lowest BCUT2D eigenvalue weighted by molar-refractivity contribution is -0.139. The Hall–Kier alpha value is -0.610. The predicted octanol–water partition coefficient (Wildman–Crippen LogP) is 0.0487. The van der Waals surface area contributed by atoms with E-state index in [-0.39, 0.29) is 6.04 Å². The van der Waals surface area contributed by atoms with Crippen LogP contribution in [0.15, 0.2) is 0 Å². The molecule has 4 heteroatoms. The first-order chi connectivity index (χ1) is 6.77. The largest absolute Gasteiger partial charge is 0.480 e. The number of rotatable bonds is 2.